The summed E-state index contributed by atoms with van der Waals surface area (Å²) in [5, 5.41) is 14.9. The predicted molar refractivity (Wildman–Crippen MR) is 140 cm³/mol. The van der Waals surface area contributed by atoms with Gasteiger partial charge in [-0.15, -0.1) is 0 Å². The van der Waals surface area contributed by atoms with Crippen molar-refractivity contribution in [1.82, 2.24) is 25.4 Å². The summed E-state index contributed by atoms with van der Waals surface area (Å²) < 4.78 is 14.7. The number of nitriles is 1. The van der Waals surface area contributed by atoms with Gasteiger partial charge in [-0.25, -0.2) is 4.39 Å². The molecule has 1 saturated heterocycles. The third kappa shape index (κ3) is 6.45. The Kier molecular flexibility index (Phi) is 8.64. The Bertz CT molecular complexity index is 1300. The molecule has 3 heterocycles. The number of benzene rings is 1. The maximum absolute atomic E-state index is 14.7. The van der Waals surface area contributed by atoms with Crippen LogP contribution in [0, 0.1) is 23.1 Å². The molecule has 1 fully saturated rings. The second-order valence-corrected chi connectivity index (χ2v) is 10.4. The number of carbonyl (C=O) groups excluding carboxylic acids is 4. The molecule has 2 aromatic rings. The molecule has 3 N–H and O–H groups in total. The number of halogens is 1. The van der Waals surface area contributed by atoms with Gasteiger partial charge in [0, 0.05) is 31.9 Å². The number of nitrogens with one attached hydrogen (secondary N) is 3. The molecule has 2 aliphatic rings. The summed E-state index contributed by atoms with van der Waals surface area (Å²) in [5.41, 5.74) is 1.12. The fourth-order valence-corrected chi connectivity index (χ4v) is 4.99. The van der Waals surface area contributed by atoms with E-state index in [1.807, 2.05) is 19.9 Å². The van der Waals surface area contributed by atoms with E-state index in [1.165, 1.54) is 34.2 Å². The lowest BCUT2D eigenvalue weighted by atomic mass is 10.0. The van der Waals surface area contributed by atoms with Gasteiger partial charge in [-0.05, 0) is 55.4 Å². The normalized spacial score (nSPS) is 21.2. The molecule has 4 amide bonds. The topological polar surface area (TPSA) is 138 Å². The van der Waals surface area contributed by atoms with Crippen LogP contribution in [0.2, 0.25) is 0 Å². The predicted octanol–water partition coefficient (Wildman–Crippen LogP) is 1.98. The number of fused-ring (bicyclic) bond motifs is 3. The van der Waals surface area contributed by atoms with Crippen LogP contribution in [0.25, 0.3) is 0 Å². The van der Waals surface area contributed by atoms with Crippen molar-refractivity contribution in [2.24, 2.45) is 5.92 Å². The number of nitrogens with zero attached hydrogens (tertiary/aromatic N) is 3. The third-order valence-electron chi connectivity index (χ3n) is 7.26. The van der Waals surface area contributed by atoms with Crippen molar-refractivity contribution in [1.29, 1.82) is 5.26 Å². The molecule has 2 bridgehead atoms. The van der Waals surface area contributed by atoms with Crippen molar-refractivity contribution >= 4 is 23.6 Å². The van der Waals surface area contributed by atoms with Crippen LogP contribution >= 0.6 is 0 Å². The van der Waals surface area contributed by atoms with E-state index in [0.717, 1.165) is 5.56 Å². The number of hydrogen-bond acceptors (Lipinski definition) is 5. The van der Waals surface area contributed by atoms with Crippen LogP contribution in [0.4, 0.5) is 4.39 Å². The number of rotatable bonds is 2. The average molecular weight is 537 g/mol. The van der Waals surface area contributed by atoms with Gasteiger partial charge in [-0.3, -0.25) is 19.2 Å². The largest absolute Gasteiger partial charge is 0.356 e. The van der Waals surface area contributed by atoms with Gasteiger partial charge >= 0.3 is 0 Å². The molecule has 4 rings (SSSR count). The smallest absolute Gasteiger partial charge is 0.270 e. The van der Waals surface area contributed by atoms with Gasteiger partial charge in [0.05, 0.1) is 17.7 Å². The minimum absolute atomic E-state index is 0.0344. The molecule has 0 unspecified atom stereocenters. The summed E-state index contributed by atoms with van der Waals surface area (Å²) in [4.78, 5) is 58.6. The van der Waals surface area contributed by atoms with Crippen LogP contribution in [0.15, 0.2) is 30.5 Å². The summed E-state index contributed by atoms with van der Waals surface area (Å²) in [6.07, 6.45) is 3.51. The second-order valence-electron chi connectivity index (χ2n) is 10.4. The minimum Gasteiger partial charge on any atom is -0.356 e. The van der Waals surface area contributed by atoms with E-state index in [9.17, 15) is 23.6 Å². The van der Waals surface area contributed by atoms with Crippen molar-refractivity contribution in [2.75, 3.05) is 26.2 Å². The maximum atomic E-state index is 14.7. The number of aromatic nitrogens is 1. The van der Waals surface area contributed by atoms with Crippen molar-refractivity contribution in [3.8, 4) is 6.07 Å². The summed E-state index contributed by atoms with van der Waals surface area (Å²) >= 11 is 0. The molecule has 0 saturated carbocycles. The first-order valence-corrected chi connectivity index (χ1v) is 13.2. The SMILES string of the molecule is CC(C)[C@@H]1CN(C(=O)c2cc(C#N)c[nH]2)CC(=O)NCCCc2ccc(F)c(c2)C(=O)N2CCC[C@H]2C(=O)N1. The summed E-state index contributed by atoms with van der Waals surface area (Å²) in [5.74, 6) is -2.52. The number of aromatic amines is 1. The molecule has 2 atom stereocenters. The van der Waals surface area contributed by atoms with E-state index < -0.39 is 29.7 Å². The lowest BCUT2D eigenvalue weighted by Gasteiger charge is -2.32. The Morgan fingerprint density at radius 3 is 2.69 bits per heavy atom. The standard InChI is InChI=1S/C28H33FN6O4/c1-17(2)23-15-34(28(39)22-12-19(13-30)14-32-22)16-25(36)31-9-3-5-18-7-8-21(29)20(11-18)27(38)35-10-4-6-24(35)26(37)33-23/h7-8,11-12,14,17,23-24,32H,3-6,9-10,15-16H2,1-2H3,(H,31,36)(H,33,37)/t23-,24-/m0/s1. The highest BCUT2D eigenvalue weighted by molar-refractivity contribution is 5.98. The Hall–Kier alpha value is -4.20. The van der Waals surface area contributed by atoms with Gasteiger partial charge in [0.1, 0.15) is 23.6 Å². The van der Waals surface area contributed by atoms with Gasteiger partial charge in [0.15, 0.2) is 0 Å². The van der Waals surface area contributed by atoms with E-state index in [1.54, 1.807) is 6.07 Å². The minimum atomic E-state index is -0.772. The fraction of sp³-hybridized carbons (Fsp3) is 0.464. The van der Waals surface area contributed by atoms with Crippen molar-refractivity contribution < 1.29 is 23.6 Å². The number of aryl methyl sites for hydroxylation is 1. The van der Waals surface area contributed by atoms with Crippen LogP contribution in [0.1, 0.15) is 65.1 Å². The van der Waals surface area contributed by atoms with Gasteiger partial charge < -0.3 is 25.4 Å². The van der Waals surface area contributed by atoms with E-state index in [-0.39, 0.29) is 47.6 Å². The zero-order valence-electron chi connectivity index (χ0n) is 22.1. The van der Waals surface area contributed by atoms with Crippen LogP contribution in [-0.4, -0.2) is 76.7 Å². The molecule has 206 valence electrons. The molecule has 10 nitrogen and oxygen atoms in total. The molecule has 2 aliphatic heterocycles. The molecule has 0 radical (unpaired) electrons. The Labute approximate surface area is 226 Å². The lowest BCUT2D eigenvalue weighted by molar-refractivity contribution is -0.126. The highest BCUT2D eigenvalue weighted by Crippen LogP contribution is 2.23. The van der Waals surface area contributed by atoms with Crippen LogP contribution in [0.3, 0.4) is 0 Å². The number of carbonyl (C=O) groups is 4. The molecule has 1 aromatic carbocycles. The molecule has 0 spiro atoms. The molecule has 0 aliphatic carbocycles. The van der Waals surface area contributed by atoms with E-state index in [0.29, 0.717) is 38.8 Å². The summed E-state index contributed by atoms with van der Waals surface area (Å²) in [7, 11) is 0. The molecular weight excluding hydrogens is 503 g/mol. The van der Waals surface area contributed by atoms with Gasteiger partial charge in [0.25, 0.3) is 11.8 Å². The van der Waals surface area contributed by atoms with Crippen molar-refractivity contribution in [3.05, 3.63) is 58.7 Å². The maximum Gasteiger partial charge on any atom is 0.270 e. The Balaban J connectivity index is 1.65. The van der Waals surface area contributed by atoms with E-state index in [2.05, 4.69) is 15.6 Å². The Morgan fingerprint density at radius 1 is 1.18 bits per heavy atom. The lowest BCUT2D eigenvalue weighted by Crippen LogP contribution is -2.54. The zero-order chi connectivity index (χ0) is 28.1. The van der Waals surface area contributed by atoms with Crippen molar-refractivity contribution in [2.45, 2.75) is 51.6 Å². The fourth-order valence-electron chi connectivity index (χ4n) is 4.99. The quantitative estimate of drug-likeness (QED) is 0.539. The number of hydrogen-bond donors (Lipinski definition) is 3. The van der Waals surface area contributed by atoms with Crippen LogP contribution in [-0.2, 0) is 16.0 Å². The molecule has 11 heteroatoms. The van der Waals surface area contributed by atoms with Gasteiger partial charge in [-0.2, -0.15) is 5.26 Å². The highest BCUT2D eigenvalue weighted by Gasteiger charge is 2.37. The zero-order valence-corrected chi connectivity index (χ0v) is 22.1. The second kappa shape index (κ2) is 12.1. The highest BCUT2D eigenvalue weighted by atomic mass is 19.1. The molecule has 1 aromatic heterocycles. The Morgan fingerprint density at radius 2 is 1.97 bits per heavy atom. The number of amides is 4. The first-order chi connectivity index (χ1) is 18.7. The monoisotopic (exact) mass is 536 g/mol. The first kappa shape index (κ1) is 27.8. The van der Waals surface area contributed by atoms with E-state index in [4.69, 9.17) is 5.26 Å². The van der Waals surface area contributed by atoms with E-state index >= 15 is 0 Å². The molecular formula is C28H33FN6O4. The summed E-state index contributed by atoms with van der Waals surface area (Å²) in [6.45, 7) is 4.22. The van der Waals surface area contributed by atoms with Gasteiger partial charge in [-0.1, -0.05) is 19.9 Å². The van der Waals surface area contributed by atoms with Crippen LogP contribution in [0.5, 0.6) is 0 Å². The summed E-state index contributed by atoms with van der Waals surface area (Å²) in [6, 6.07) is 6.47. The van der Waals surface area contributed by atoms with Crippen LogP contribution < -0.4 is 10.6 Å². The first-order valence-electron chi connectivity index (χ1n) is 13.2. The average Bonchev–Trinajstić information content (AvgIpc) is 3.60. The van der Waals surface area contributed by atoms with Crippen molar-refractivity contribution in [3.63, 3.8) is 0 Å². The number of H-pyrrole nitrogens is 1. The molecule has 39 heavy (non-hydrogen) atoms. The third-order valence-corrected chi connectivity index (χ3v) is 7.26. The van der Waals surface area contributed by atoms with Gasteiger partial charge in [0.2, 0.25) is 11.8 Å².